The number of hydrogen-bond acceptors (Lipinski definition) is 2. The zero-order valence-corrected chi connectivity index (χ0v) is 8.61. The number of ether oxygens (including phenoxy) is 1. The number of hydrogen-bond donors (Lipinski definition) is 1. The van der Waals surface area contributed by atoms with Crippen molar-refractivity contribution in [3.63, 3.8) is 0 Å². The van der Waals surface area contributed by atoms with Crippen LogP contribution in [0, 0.1) is 0 Å². The molecule has 0 bridgehead atoms. The number of benzene rings is 1. The summed E-state index contributed by atoms with van der Waals surface area (Å²) >= 11 is 3.06. The second kappa shape index (κ2) is 4.28. The molecule has 0 fully saturated rings. The number of halogens is 1. The Hall–Kier alpha value is -1.03. The van der Waals surface area contributed by atoms with Crippen LogP contribution < -0.4 is 4.74 Å². The smallest absolute Gasteiger partial charge is 0.321 e. The molecule has 70 valence electrons. The van der Waals surface area contributed by atoms with Crippen LogP contribution in [0.3, 0.4) is 0 Å². The number of carboxylic acid groups (broad SMARTS) is 1. The quantitative estimate of drug-likeness (QED) is 0.830. The van der Waals surface area contributed by atoms with Crippen molar-refractivity contribution in [3.8, 4) is 5.75 Å². The van der Waals surface area contributed by atoms with Crippen molar-refractivity contribution in [2.75, 3.05) is 7.11 Å². The molecule has 0 aromatic heterocycles. The largest absolute Gasteiger partial charge is 0.497 e. The van der Waals surface area contributed by atoms with E-state index in [1.807, 2.05) is 0 Å². The summed E-state index contributed by atoms with van der Waals surface area (Å²) in [6.45, 7) is 0. The molecule has 1 unspecified atom stereocenters. The predicted molar refractivity (Wildman–Crippen MR) is 52.3 cm³/mol. The Morgan fingerprint density at radius 1 is 1.46 bits per heavy atom. The van der Waals surface area contributed by atoms with Gasteiger partial charge in [0, 0.05) is 0 Å². The molecule has 1 aromatic rings. The number of alkyl halides is 1. The molecule has 1 N–H and O–H groups in total. The molecule has 1 rings (SSSR count). The van der Waals surface area contributed by atoms with Gasteiger partial charge in [-0.25, -0.2) is 0 Å². The number of methoxy groups -OCH3 is 1. The van der Waals surface area contributed by atoms with Crippen molar-refractivity contribution >= 4 is 21.9 Å². The van der Waals surface area contributed by atoms with E-state index in [-0.39, 0.29) is 0 Å². The molecule has 0 aliphatic rings. The highest BCUT2D eigenvalue weighted by atomic mass is 79.9. The average molecular weight is 245 g/mol. The maximum absolute atomic E-state index is 10.6. The van der Waals surface area contributed by atoms with Crippen molar-refractivity contribution in [2.45, 2.75) is 4.83 Å². The lowest BCUT2D eigenvalue weighted by Gasteiger charge is -2.05. The zero-order chi connectivity index (χ0) is 9.84. The van der Waals surface area contributed by atoms with Crippen LogP contribution in [-0.2, 0) is 4.79 Å². The van der Waals surface area contributed by atoms with Crippen LogP contribution in [0.2, 0.25) is 0 Å². The summed E-state index contributed by atoms with van der Waals surface area (Å²) in [6, 6.07) is 6.89. The highest BCUT2D eigenvalue weighted by molar-refractivity contribution is 9.09. The summed E-state index contributed by atoms with van der Waals surface area (Å²) in [4.78, 5) is 9.92. The highest BCUT2D eigenvalue weighted by Crippen LogP contribution is 2.24. The predicted octanol–water partition coefficient (Wildman–Crippen LogP) is 2.22. The molecule has 0 radical (unpaired) electrons. The average Bonchev–Trinajstić information content (AvgIpc) is 2.17. The first-order valence-corrected chi connectivity index (χ1v) is 4.57. The Morgan fingerprint density at radius 2 is 2.00 bits per heavy atom. The molecular weight excluding hydrogens is 236 g/mol. The Kier molecular flexibility index (Phi) is 3.31. The van der Waals surface area contributed by atoms with E-state index in [4.69, 9.17) is 9.84 Å². The topological polar surface area (TPSA) is 46.5 Å². The van der Waals surface area contributed by atoms with Crippen LogP contribution in [0.25, 0.3) is 0 Å². The molecule has 3 nitrogen and oxygen atoms in total. The molecule has 0 aliphatic carbocycles. The third-order valence-electron chi connectivity index (χ3n) is 1.63. The van der Waals surface area contributed by atoms with E-state index in [1.54, 1.807) is 31.4 Å². The highest BCUT2D eigenvalue weighted by Gasteiger charge is 2.14. The Morgan fingerprint density at radius 3 is 2.38 bits per heavy atom. The van der Waals surface area contributed by atoms with Gasteiger partial charge in [-0.1, -0.05) is 28.1 Å². The normalized spacial score (nSPS) is 12.2. The lowest BCUT2D eigenvalue weighted by Crippen LogP contribution is -2.03. The van der Waals surface area contributed by atoms with E-state index < -0.39 is 10.8 Å². The summed E-state index contributed by atoms with van der Waals surface area (Å²) < 4.78 is 4.95. The van der Waals surface area contributed by atoms with E-state index in [0.29, 0.717) is 11.3 Å². The fourth-order valence-electron chi connectivity index (χ4n) is 0.915. The third-order valence-corrected chi connectivity index (χ3v) is 2.55. The maximum Gasteiger partial charge on any atom is 0.321 e. The Labute approximate surface area is 84.5 Å². The minimum atomic E-state index is -0.898. The van der Waals surface area contributed by atoms with Crippen molar-refractivity contribution in [2.24, 2.45) is 0 Å². The van der Waals surface area contributed by atoms with Crippen molar-refractivity contribution in [1.82, 2.24) is 0 Å². The molecule has 0 spiro atoms. The Bertz CT molecular complexity index is 294. The molecule has 0 saturated carbocycles. The molecule has 4 heteroatoms. The van der Waals surface area contributed by atoms with E-state index in [9.17, 15) is 4.79 Å². The van der Waals surface area contributed by atoms with Crippen molar-refractivity contribution < 1.29 is 14.6 Å². The maximum atomic E-state index is 10.6. The van der Waals surface area contributed by atoms with Gasteiger partial charge in [0.2, 0.25) is 0 Å². The SMILES string of the molecule is COc1ccc(C(Br)C(=O)O)cc1. The van der Waals surface area contributed by atoms with Gasteiger partial charge in [-0.2, -0.15) is 0 Å². The lowest BCUT2D eigenvalue weighted by molar-refractivity contribution is -0.136. The number of carboxylic acids is 1. The van der Waals surface area contributed by atoms with Gasteiger partial charge in [-0.15, -0.1) is 0 Å². The fraction of sp³-hybridized carbons (Fsp3) is 0.222. The number of rotatable bonds is 3. The van der Waals surface area contributed by atoms with E-state index >= 15 is 0 Å². The summed E-state index contributed by atoms with van der Waals surface area (Å²) in [7, 11) is 1.57. The van der Waals surface area contributed by atoms with Crippen LogP contribution >= 0.6 is 15.9 Å². The number of aliphatic carboxylic acids is 1. The first-order valence-electron chi connectivity index (χ1n) is 3.66. The van der Waals surface area contributed by atoms with Gasteiger partial charge in [0.1, 0.15) is 10.6 Å². The minimum Gasteiger partial charge on any atom is -0.497 e. The third kappa shape index (κ3) is 2.45. The van der Waals surface area contributed by atoms with Gasteiger partial charge in [0.15, 0.2) is 0 Å². The minimum absolute atomic E-state index is 0.654. The monoisotopic (exact) mass is 244 g/mol. The van der Waals surface area contributed by atoms with Crippen molar-refractivity contribution in [3.05, 3.63) is 29.8 Å². The number of carbonyl (C=O) groups is 1. The molecule has 1 aromatic carbocycles. The van der Waals surface area contributed by atoms with Crippen LogP contribution in [0.4, 0.5) is 0 Å². The fourth-order valence-corrected chi connectivity index (χ4v) is 1.22. The van der Waals surface area contributed by atoms with E-state index in [1.165, 1.54) is 0 Å². The molecule has 1 atom stereocenters. The zero-order valence-electron chi connectivity index (χ0n) is 7.03. The van der Waals surface area contributed by atoms with Crippen molar-refractivity contribution in [1.29, 1.82) is 0 Å². The molecule has 0 saturated heterocycles. The lowest BCUT2D eigenvalue weighted by atomic mass is 10.1. The van der Waals surface area contributed by atoms with Gasteiger partial charge >= 0.3 is 5.97 Å². The van der Waals surface area contributed by atoms with Crippen LogP contribution in [0.15, 0.2) is 24.3 Å². The first kappa shape index (κ1) is 10.1. The van der Waals surface area contributed by atoms with Gasteiger partial charge < -0.3 is 9.84 Å². The molecule has 0 amide bonds. The van der Waals surface area contributed by atoms with Gasteiger partial charge in [-0.05, 0) is 17.7 Å². The summed E-state index contributed by atoms with van der Waals surface area (Å²) in [5.74, 6) is -0.181. The second-order valence-electron chi connectivity index (χ2n) is 2.47. The molecule has 0 heterocycles. The van der Waals surface area contributed by atoms with Gasteiger partial charge in [0.25, 0.3) is 0 Å². The van der Waals surface area contributed by atoms with E-state index in [0.717, 1.165) is 0 Å². The van der Waals surface area contributed by atoms with Gasteiger partial charge in [0.05, 0.1) is 7.11 Å². The summed E-state index contributed by atoms with van der Waals surface area (Å²) in [6.07, 6.45) is 0. The molecular formula is C9H9BrO3. The van der Waals surface area contributed by atoms with E-state index in [2.05, 4.69) is 15.9 Å². The second-order valence-corrected chi connectivity index (χ2v) is 3.39. The van der Waals surface area contributed by atoms with Gasteiger partial charge in [-0.3, -0.25) is 4.79 Å². The Balaban J connectivity index is 2.85. The summed E-state index contributed by atoms with van der Waals surface area (Å²) in [5, 5.41) is 8.68. The standard InChI is InChI=1S/C9H9BrO3/c1-13-7-4-2-6(3-5-7)8(10)9(11)12/h2-5,8H,1H3,(H,11,12). The molecule has 13 heavy (non-hydrogen) atoms. The van der Waals surface area contributed by atoms with Crippen LogP contribution in [0.5, 0.6) is 5.75 Å². The van der Waals surface area contributed by atoms with Crippen LogP contribution in [0.1, 0.15) is 10.4 Å². The van der Waals surface area contributed by atoms with Crippen LogP contribution in [-0.4, -0.2) is 18.2 Å². The first-order chi connectivity index (χ1) is 6.15. The molecule has 0 aliphatic heterocycles. The summed E-state index contributed by atoms with van der Waals surface area (Å²) in [5.41, 5.74) is 0.702.